The van der Waals surface area contributed by atoms with E-state index < -0.39 is 0 Å². The maximum Gasteiger partial charge on any atom is 0.0136 e. The third kappa shape index (κ3) is 3.07. The smallest absolute Gasteiger partial charge is 0.0136 e. The zero-order chi connectivity index (χ0) is 13.9. The van der Waals surface area contributed by atoms with Crippen LogP contribution in [0.5, 0.6) is 0 Å². The van der Waals surface area contributed by atoms with Crippen molar-refractivity contribution in [3.8, 4) is 0 Å². The molecule has 0 bridgehead atoms. The predicted molar refractivity (Wildman–Crippen MR) is 85.0 cm³/mol. The normalized spacial score (nSPS) is 30.6. The van der Waals surface area contributed by atoms with Crippen LogP contribution >= 0.6 is 0 Å². The van der Waals surface area contributed by atoms with Crippen LogP contribution in [0.4, 0.5) is 0 Å². The summed E-state index contributed by atoms with van der Waals surface area (Å²) in [5, 5.41) is 3.62. The molecule has 3 unspecified atom stereocenters. The van der Waals surface area contributed by atoms with E-state index in [1.807, 2.05) is 0 Å². The second-order valence-electron chi connectivity index (χ2n) is 6.86. The molecule has 1 saturated carbocycles. The fourth-order valence-electron chi connectivity index (χ4n) is 3.74. The van der Waals surface area contributed by atoms with Gasteiger partial charge in [0.05, 0.1) is 0 Å². The van der Waals surface area contributed by atoms with Crippen molar-refractivity contribution in [2.45, 2.75) is 51.1 Å². The van der Waals surface area contributed by atoms with Crippen LogP contribution in [0.3, 0.4) is 0 Å². The van der Waals surface area contributed by atoms with Crippen LogP contribution in [0.2, 0.25) is 0 Å². The molecule has 0 radical (unpaired) electrons. The third-order valence-corrected chi connectivity index (χ3v) is 5.13. The van der Waals surface area contributed by atoms with Crippen LogP contribution in [0.15, 0.2) is 30.3 Å². The lowest BCUT2D eigenvalue weighted by Crippen LogP contribution is -2.50. The Morgan fingerprint density at radius 2 is 1.95 bits per heavy atom. The van der Waals surface area contributed by atoms with Gasteiger partial charge in [-0.25, -0.2) is 0 Å². The topological polar surface area (TPSA) is 15.3 Å². The maximum absolute atomic E-state index is 3.62. The zero-order valence-electron chi connectivity index (χ0n) is 12.9. The molecule has 1 N–H and O–H groups in total. The van der Waals surface area contributed by atoms with E-state index in [0.29, 0.717) is 6.04 Å². The molecule has 1 aliphatic carbocycles. The lowest BCUT2D eigenvalue weighted by molar-refractivity contribution is 0.0799. The molecule has 20 heavy (non-hydrogen) atoms. The van der Waals surface area contributed by atoms with Crippen molar-refractivity contribution >= 4 is 0 Å². The Morgan fingerprint density at radius 3 is 2.60 bits per heavy atom. The van der Waals surface area contributed by atoms with Gasteiger partial charge in [-0.15, -0.1) is 0 Å². The highest BCUT2D eigenvalue weighted by Gasteiger charge is 2.38. The molecule has 1 aromatic carbocycles. The molecule has 1 aromatic rings. The van der Waals surface area contributed by atoms with Crippen molar-refractivity contribution in [3.63, 3.8) is 0 Å². The van der Waals surface area contributed by atoms with Gasteiger partial charge >= 0.3 is 0 Å². The molecule has 0 aromatic heterocycles. The molecule has 0 spiro atoms. The molecule has 3 atom stereocenters. The lowest BCUT2D eigenvalue weighted by atomic mass is 9.78. The van der Waals surface area contributed by atoms with Gasteiger partial charge in [-0.2, -0.15) is 0 Å². The van der Waals surface area contributed by atoms with Crippen LogP contribution in [0.1, 0.15) is 44.6 Å². The number of rotatable bonds is 5. The summed E-state index contributed by atoms with van der Waals surface area (Å²) in [6.45, 7) is 8.26. The van der Waals surface area contributed by atoms with E-state index in [9.17, 15) is 0 Å². The summed E-state index contributed by atoms with van der Waals surface area (Å²) in [6, 6.07) is 12.5. The molecule has 0 amide bonds. The van der Waals surface area contributed by atoms with Crippen LogP contribution in [0.25, 0.3) is 0 Å². The number of benzene rings is 1. The molecule has 1 aliphatic heterocycles. The molecule has 110 valence electrons. The van der Waals surface area contributed by atoms with E-state index in [2.05, 4.69) is 54.4 Å². The van der Waals surface area contributed by atoms with E-state index in [4.69, 9.17) is 0 Å². The molecule has 1 saturated heterocycles. The quantitative estimate of drug-likeness (QED) is 0.885. The second-order valence-corrected chi connectivity index (χ2v) is 6.86. The lowest BCUT2D eigenvalue weighted by Gasteiger charge is -2.43. The molecule has 2 heteroatoms. The standard InChI is InChI=1S/C18H28N2/c1-14(2)19-12-16-8-9-18(16)20-11-10-17(13-20)15-6-4-3-5-7-15/h3-7,14,16-19H,8-13H2,1-2H3. The minimum absolute atomic E-state index is 0.617. The first-order valence-corrected chi connectivity index (χ1v) is 8.26. The van der Waals surface area contributed by atoms with Gasteiger partial charge in [0.2, 0.25) is 0 Å². The Balaban J connectivity index is 1.52. The van der Waals surface area contributed by atoms with Crippen molar-refractivity contribution in [3.05, 3.63) is 35.9 Å². The first-order valence-electron chi connectivity index (χ1n) is 8.26. The Labute approximate surface area is 123 Å². The van der Waals surface area contributed by atoms with Gasteiger partial charge in [0.1, 0.15) is 0 Å². The maximum atomic E-state index is 3.62. The monoisotopic (exact) mass is 272 g/mol. The third-order valence-electron chi connectivity index (χ3n) is 5.13. The summed E-state index contributed by atoms with van der Waals surface area (Å²) in [5.74, 6) is 1.64. The summed E-state index contributed by atoms with van der Waals surface area (Å²) < 4.78 is 0. The van der Waals surface area contributed by atoms with Crippen molar-refractivity contribution in [2.75, 3.05) is 19.6 Å². The van der Waals surface area contributed by atoms with E-state index in [1.54, 1.807) is 0 Å². The molecule has 1 heterocycles. The van der Waals surface area contributed by atoms with Gasteiger partial charge in [0, 0.05) is 18.6 Å². The average Bonchev–Trinajstić information content (AvgIpc) is 2.87. The van der Waals surface area contributed by atoms with Gasteiger partial charge in [-0.05, 0) is 49.8 Å². The first-order chi connectivity index (χ1) is 9.74. The summed E-state index contributed by atoms with van der Waals surface area (Å²) in [6.07, 6.45) is 4.16. The van der Waals surface area contributed by atoms with Gasteiger partial charge in [-0.3, -0.25) is 4.90 Å². The van der Waals surface area contributed by atoms with Crippen molar-refractivity contribution in [2.24, 2.45) is 5.92 Å². The fraction of sp³-hybridized carbons (Fsp3) is 0.667. The van der Waals surface area contributed by atoms with Crippen LogP contribution in [-0.4, -0.2) is 36.6 Å². The van der Waals surface area contributed by atoms with E-state index in [-0.39, 0.29) is 0 Å². The summed E-state index contributed by atoms with van der Waals surface area (Å²) in [7, 11) is 0. The average molecular weight is 272 g/mol. The summed E-state index contributed by atoms with van der Waals surface area (Å²) in [4.78, 5) is 2.76. The number of hydrogen-bond donors (Lipinski definition) is 1. The van der Waals surface area contributed by atoms with E-state index >= 15 is 0 Å². The Kier molecular flexibility index (Phi) is 4.42. The van der Waals surface area contributed by atoms with Crippen LogP contribution < -0.4 is 5.32 Å². The Bertz CT molecular complexity index is 415. The molecule has 2 nitrogen and oxygen atoms in total. The number of nitrogens with one attached hydrogen (secondary N) is 1. The highest BCUT2D eigenvalue weighted by atomic mass is 15.2. The number of nitrogens with zero attached hydrogens (tertiary/aromatic N) is 1. The predicted octanol–water partition coefficient (Wildman–Crippen LogP) is 3.25. The van der Waals surface area contributed by atoms with Crippen molar-refractivity contribution in [1.82, 2.24) is 10.2 Å². The van der Waals surface area contributed by atoms with E-state index in [1.165, 1.54) is 44.5 Å². The highest BCUT2D eigenvalue weighted by molar-refractivity contribution is 5.21. The summed E-state index contributed by atoms with van der Waals surface area (Å²) >= 11 is 0. The first kappa shape index (κ1) is 14.1. The molecular formula is C18H28N2. The Morgan fingerprint density at radius 1 is 1.15 bits per heavy atom. The van der Waals surface area contributed by atoms with Crippen molar-refractivity contribution in [1.29, 1.82) is 0 Å². The minimum atomic E-state index is 0.617. The van der Waals surface area contributed by atoms with Crippen LogP contribution in [-0.2, 0) is 0 Å². The summed E-state index contributed by atoms with van der Waals surface area (Å²) in [5.41, 5.74) is 1.53. The Hall–Kier alpha value is -0.860. The second kappa shape index (κ2) is 6.28. The van der Waals surface area contributed by atoms with Crippen LogP contribution in [0, 0.1) is 5.92 Å². The number of hydrogen-bond acceptors (Lipinski definition) is 2. The van der Waals surface area contributed by atoms with Gasteiger partial charge in [0.15, 0.2) is 0 Å². The highest BCUT2D eigenvalue weighted by Crippen LogP contribution is 2.37. The molecule has 3 rings (SSSR count). The zero-order valence-corrected chi connectivity index (χ0v) is 12.9. The minimum Gasteiger partial charge on any atom is -0.314 e. The molecule has 2 fully saturated rings. The van der Waals surface area contributed by atoms with Gasteiger partial charge < -0.3 is 5.32 Å². The van der Waals surface area contributed by atoms with E-state index in [0.717, 1.165) is 17.9 Å². The van der Waals surface area contributed by atoms with Gasteiger partial charge in [-0.1, -0.05) is 44.2 Å². The van der Waals surface area contributed by atoms with Gasteiger partial charge in [0.25, 0.3) is 0 Å². The largest absolute Gasteiger partial charge is 0.314 e. The fourth-order valence-corrected chi connectivity index (χ4v) is 3.74. The molecular weight excluding hydrogens is 244 g/mol. The number of likely N-dealkylation sites (tertiary alicyclic amines) is 1. The SMILES string of the molecule is CC(C)NCC1CCC1N1CCC(c2ccccc2)C1. The molecule has 2 aliphatic rings. The van der Waals surface area contributed by atoms with Crippen molar-refractivity contribution < 1.29 is 0 Å².